The van der Waals surface area contributed by atoms with E-state index in [1.54, 1.807) is 0 Å². The number of allylic oxidation sites excluding steroid dienone is 1. The topological polar surface area (TPSA) is 13.1 Å². The lowest BCUT2D eigenvalue weighted by molar-refractivity contribution is 0.531. The van der Waals surface area contributed by atoms with Crippen LogP contribution in [0.4, 0.5) is 0 Å². The molecule has 0 radical (unpaired) electrons. The van der Waals surface area contributed by atoms with Gasteiger partial charge in [-0.1, -0.05) is 44.1 Å². The van der Waals surface area contributed by atoms with Crippen molar-refractivity contribution in [1.29, 1.82) is 0 Å². The first kappa shape index (κ1) is 12.0. The van der Waals surface area contributed by atoms with Gasteiger partial charge in [-0.05, 0) is 31.0 Å². The zero-order valence-corrected chi connectivity index (χ0v) is 10.8. The van der Waals surface area contributed by atoms with Crippen molar-refractivity contribution in [3.05, 3.63) is 42.2 Å². The Morgan fingerprint density at radius 1 is 1.24 bits per heavy atom. The first-order valence-electron chi connectivity index (χ1n) is 6.39. The second-order valence-electron chi connectivity index (χ2n) is 4.70. The predicted molar refractivity (Wildman–Crippen MR) is 74.2 cm³/mol. The van der Waals surface area contributed by atoms with Gasteiger partial charge in [0.05, 0.1) is 0 Å². The van der Waals surface area contributed by atoms with E-state index >= 15 is 0 Å². The lowest BCUT2D eigenvalue weighted by Gasteiger charge is -1.97. The fourth-order valence-electron chi connectivity index (χ4n) is 2.02. The average molecular weight is 228 g/mol. The van der Waals surface area contributed by atoms with E-state index in [4.69, 9.17) is 4.42 Å². The first-order chi connectivity index (χ1) is 8.20. The number of hydrogen-bond donors (Lipinski definition) is 0. The molecule has 0 atom stereocenters. The molecule has 0 fully saturated rings. The molecular formula is C16H20O. The molecule has 0 N–H and O–H groups in total. The SMILES string of the molecule is C=C(C)c1ccc2cc(CCCCC)oc2c1. The first-order valence-corrected chi connectivity index (χ1v) is 6.39. The molecule has 0 saturated heterocycles. The van der Waals surface area contributed by atoms with Crippen molar-refractivity contribution in [1.82, 2.24) is 0 Å². The second kappa shape index (κ2) is 5.22. The third kappa shape index (κ3) is 2.79. The Morgan fingerprint density at radius 2 is 2.06 bits per heavy atom. The molecule has 1 heterocycles. The summed E-state index contributed by atoms with van der Waals surface area (Å²) >= 11 is 0. The quantitative estimate of drug-likeness (QED) is 0.641. The molecule has 0 unspecified atom stereocenters. The number of furan rings is 1. The van der Waals surface area contributed by atoms with Crippen LogP contribution in [0.2, 0.25) is 0 Å². The number of aryl methyl sites for hydroxylation is 1. The van der Waals surface area contributed by atoms with Gasteiger partial charge in [-0.25, -0.2) is 0 Å². The summed E-state index contributed by atoms with van der Waals surface area (Å²) in [4.78, 5) is 0. The minimum absolute atomic E-state index is 0.983. The van der Waals surface area contributed by atoms with Crippen LogP contribution >= 0.6 is 0 Å². The minimum atomic E-state index is 0.983. The summed E-state index contributed by atoms with van der Waals surface area (Å²) in [6, 6.07) is 8.47. The molecule has 1 heteroatoms. The number of rotatable bonds is 5. The van der Waals surface area contributed by atoms with Crippen molar-refractivity contribution < 1.29 is 4.42 Å². The molecule has 1 aromatic heterocycles. The highest BCUT2D eigenvalue weighted by atomic mass is 16.3. The fourth-order valence-corrected chi connectivity index (χ4v) is 2.02. The van der Waals surface area contributed by atoms with Crippen LogP contribution in [0, 0.1) is 0 Å². The lowest BCUT2D eigenvalue weighted by atomic mass is 10.1. The second-order valence-corrected chi connectivity index (χ2v) is 4.70. The molecule has 2 rings (SSSR count). The monoisotopic (exact) mass is 228 g/mol. The van der Waals surface area contributed by atoms with Crippen molar-refractivity contribution in [3.8, 4) is 0 Å². The van der Waals surface area contributed by atoms with Gasteiger partial charge >= 0.3 is 0 Å². The number of hydrogen-bond acceptors (Lipinski definition) is 1. The average Bonchev–Trinajstić information content (AvgIpc) is 2.70. The maximum atomic E-state index is 5.86. The highest BCUT2D eigenvalue weighted by molar-refractivity contribution is 5.82. The van der Waals surface area contributed by atoms with E-state index in [0.29, 0.717) is 0 Å². The molecule has 0 aliphatic rings. The predicted octanol–water partition coefficient (Wildman–Crippen LogP) is 5.20. The Morgan fingerprint density at radius 3 is 2.76 bits per heavy atom. The van der Waals surface area contributed by atoms with E-state index in [0.717, 1.165) is 28.9 Å². The van der Waals surface area contributed by atoms with Crippen molar-refractivity contribution in [2.24, 2.45) is 0 Å². The Balaban J connectivity index is 2.21. The Kier molecular flexibility index (Phi) is 3.68. The van der Waals surface area contributed by atoms with Crippen molar-refractivity contribution >= 4 is 16.5 Å². The van der Waals surface area contributed by atoms with Gasteiger partial charge in [0.25, 0.3) is 0 Å². The van der Waals surface area contributed by atoms with Crippen molar-refractivity contribution in [3.63, 3.8) is 0 Å². The smallest absolute Gasteiger partial charge is 0.134 e. The minimum Gasteiger partial charge on any atom is -0.461 e. The Hall–Kier alpha value is -1.50. The van der Waals surface area contributed by atoms with Gasteiger partial charge in [-0.3, -0.25) is 0 Å². The van der Waals surface area contributed by atoms with Gasteiger partial charge in [-0.2, -0.15) is 0 Å². The molecule has 1 aromatic carbocycles. The largest absolute Gasteiger partial charge is 0.461 e. The van der Waals surface area contributed by atoms with E-state index in [-0.39, 0.29) is 0 Å². The molecule has 0 aliphatic carbocycles. The standard InChI is InChI=1S/C16H20O/c1-4-5-6-7-15-10-14-9-8-13(12(2)3)11-16(14)17-15/h8-11H,2,4-7H2,1,3H3. The summed E-state index contributed by atoms with van der Waals surface area (Å²) in [5.74, 6) is 1.10. The Labute approximate surface area is 103 Å². The highest BCUT2D eigenvalue weighted by Crippen LogP contribution is 2.24. The van der Waals surface area contributed by atoms with Crippen molar-refractivity contribution in [2.45, 2.75) is 39.5 Å². The van der Waals surface area contributed by atoms with Crippen molar-refractivity contribution in [2.75, 3.05) is 0 Å². The summed E-state index contributed by atoms with van der Waals surface area (Å²) < 4.78 is 5.86. The maximum absolute atomic E-state index is 5.86. The molecule has 0 bridgehead atoms. The van der Waals surface area contributed by atoms with Crippen LogP contribution in [0.5, 0.6) is 0 Å². The van der Waals surface area contributed by atoms with Gasteiger partial charge in [0.2, 0.25) is 0 Å². The van der Waals surface area contributed by atoms with Crippen LogP contribution in [0.25, 0.3) is 16.5 Å². The van der Waals surface area contributed by atoms with E-state index in [1.165, 1.54) is 24.6 Å². The zero-order chi connectivity index (χ0) is 12.3. The highest BCUT2D eigenvalue weighted by Gasteiger charge is 2.04. The summed E-state index contributed by atoms with van der Waals surface area (Å²) in [6.07, 6.45) is 4.78. The van der Waals surface area contributed by atoms with Gasteiger partial charge in [0.1, 0.15) is 11.3 Å². The van der Waals surface area contributed by atoms with E-state index in [1.807, 2.05) is 6.92 Å². The Bertz CT molecular complexity index is 519. The molecule has 0 amide bonds. The van der Waals surface area contributed by atoms with Crippen LogP contribution in [-0.4, -0.2) is 0 Å². The summed E-state index contributed by atoms with van der Waals surface area (Å²) in [5.41, 5.74) is 3.22. The third-order valence-corrected chi connectivity index (χ3v) is 3.09. The van der Waals surface area contributed by atoms with E-state index < -0.39 is 0 Å². The zero-order valence-electron chi connectivity index (χ0n) is 10.8. The van der Waals surface area contributed by atoms with E-state index in [9.17, 15) is 0 Å². The lowest BCUT2D eigenvalue weighted by Crippen LogP contribution is -1.80. The normalized spacial score (nSPS) is 10.9. The molecular weight excluding hydrogens is 208 g/mol. The molecule has 1 nitrogen and oxygen atoms in total. The van der Waals surface area contributed by atoms with Gasteiger partial charge in [0, 0.05) is 11.8 Å². The van der Waals surface area contributed by atoms with Crippen LogP contribution in [-0.2, 0) is 6.42 Å². The van der Waals surface area contributed by atoms with Crippen LogP contribution in [0.1, 0.15) is 44.4 Å². The summed E-state index contributed by atoms with van der Waals surface area (Å²) in [5, 5.41) is 1.20. The number of fused-ring (bicyclic) bond motifs is 1. The summed E-state index contributed by atoms with van der Waals surface area (Å²) in [6.45, 7) is 8.20. The van der Waals surface area contributed by atoms with Gasteiger partial charge < -0.3 is 4.42 Å². The van der Waals surface area contributed by atoms with Crippen LogP contribution < -0.4 is 0 Å². The number of benzene rings is 1. The summed E-state index contributed by atoms with van der Waals surface area (Å²) in [7, 11) is 0. The molecule has 0 saturated carbocycles. The molecule has 17 heavy (non-hydrogen) atoms. The maximum Gasteiger partial charge on any atom is 0.134 e. The van der Waals surface area contributed by atoms with Crippen LogP contribution in [0.15, 0.2) is 35.3 Å². The third-order valence-electron chi connectivity index (χ3n) is 3.09. The van der Waals surface area contributed by atoms with Gasteiger partial charge in [0.15, 0.2) is 0 Å². The van der Waals surface area contributed by atoms with Gasteiger partial charge in [-0.15, -0.1) is 0 Å². The molecule has 90 valence electrons. The fraction of sp³-hybridized carbons (Fsp3) is 0.375. The number of unbranched alkanes of at least 4 members (excludes halogenated alkanes) is 2. The molecule has 0 spiro atoms. The van der Waals surface area contributed by atoms with E-state index in [2.05, 4.69) is 37.8 Å². The van der Waals surface area contributed by atoms with Crippen LogP contribution in [0.3, 0.4) is 0 Å². The molecule has 2 aromatic rings. The molecule has 0 aliphatic heterocycles.